The van der Waals surface area contributed by atoms with Crippen LogP contribution in [0.15, 0.2) is 6.20 Å². The Bertz CT molecular complexity index is 319. The van der Waals surface area contributed by atoms with Crippen molar-refractivity contribution in [2.24, 2.45) is 0 Å². The Morgan fingerprint density at radius 2 is 2.15 bits per heavy atom. The van der Waals surface area contributed by atoms with Crippen LogP contribution in [0.3, 0.4) is 0 Å². The molecule has 1 aliphatic carbocycles. The van der Waals surface area contributed by atoms with Crippen molar-refractivity contribution < 1.29 is 0 Å². The van der Waals surface area contributed by atoms with Crippen molar-refractivity contribution in [1.29, 1.82) is 0 Å². The first kappa shape index (κ1) is 8.95. The van der Waals surface area contributed by atoms with Crippen LogP contribution >= 0.6 is 11.6 Å². The lowest BCUT2D eigenvalue weighted by Crippen LogP contribution is -1.98. The highest BCUT2D eigenvalue weighted by molar-refractivity contribution is 6.30. The van der Waals surface area contributed by atoms with Crippen molar-refractivity contribution in [2.75, 3.05) is 0 Å². The third kappa shape index (κ3) is 1.83. The summed E-state index contributed by atoms with van der Waals surface area (Å²) < 4.78 is 0. The van der Waals surface area contributed by atoms with Crippen LogP contribution in [0.1, 0.15) is 49.9 Å². The van der Waals surface area contributed by atoms with E-state index in [-0.39, 0.29) is 0 Å². The minimum atomic E-state index is 0.403. The molecule has 0 aromatic carbocycles. The quantitative estimate of drug-likeness (QED) is 0.680. The smallest absolute Gasteiger partial charge is 0.136 e. The average Bonchev–Trinajstić information content (AvgIpc) is 2.85. The fourth-order valence-corrected chi connectivity index (χ4v) is 1.66. The molecular formula is C10H13ClN2. The van der Waals surface area contributed by atoms with Crippen molar-refractivity contribution in [1.82, 2.24) is 9.97 Å². The van der Waals surface area contributed by atoms with Gasteiger partial charge in [-0.05, 0) is 18.8 Å². The Hall–Kier alpha value is -0.630. The molecule has 0 aliphatic heterocycles. The summed E-state index contributed by atoms with van der Waals surface area (Å²) in [7, 11) is 0. The fraction of sp³-hybridized carbons (Fsp3) is 0.600. The zero-order valence-corrected chi connectivity index (χ0v) is 8.67. The first-order valence-electron chi connectivity index (χ1n) is 4.71. The maximum atomic E-state index is 6.05. The van der Waals surface area contributed by atoms with Gasteiger partial charge in [0.25, 0.3) is 0 Å². The Labute approximate surface area is 83.4 Å². The van der Waals surface area contributed by atoms with E-state index in [2.05, 4.69) is 23.8 Å². The molecule has 0 N–H and O–H groups in total. The summed E-state index contributed by atoms with van der Waals surface area (Å²) in [6, 6.07) is 0. The van der Waals surface area contributed by atoms with Gasteiger partial charge >= 0.3 is 0 Å². The molecule has 0 unspecified atom stereocenters. The van der Waals surface area contributed by atoms with E-state index < -0.39 is 0 Å². The molecule has 1 aromatic rings. The predicted octanol–water partition coefficient (Wildman–Crippen LogP) is 3.13. The van der Waals surface area contributed by atoms with Crippen LogP contribution in [0.2, 0.25) is 5.15 Å². The van der Waals surface area contributed by atoms with Crippen molar-refractivity contribution >= 4 is 11.6 Å². The molecule has 0 bridgehead atoms. The largest absolute Gasteiger partial charge is 0.241 e. The van der Waals surface area contributed by atoms with Crippen LogP contribution in [0.25, 0.3) is 0 Å². The third-order valence-electron chi connectivity index (χ3n) is 2.35. The Morgan fingerprint density at radius 1 is 1.46 bits per heavy atom. The van der Waals surface area contributed by atoms with Gasteiger partial charge in [0.15, 0.2) is 0 Å². The van der Waals surface area contributed by atoms with Gasteiger partial charge in [-0.1, -0.05) is 25.4 Å². The van der Waals surface area contributed by atoms with Crippen LogP contribution in [0.4, 0.5) is 0 Å². The third-order valence-corrected chi connectivity index (χ3v) is 2.65. The molecule has 3 heteroatoms. The number of nitrogens with zero attached hydrogens (tertiary/aromatic N) is 2. The first-order valence-corrected chi connectivity index (χ1v) is 5.08. The van der Waals surface area contributed by atoms with Crippen LogP contribution in [-0.2, 0) is 0 Å². The van der Waals surface area contributed by atoms with E-state index in [0.717, 1.165) is 11.4 Å². The molecule has 1 saturated carbocycles. The monoisotopic (exact) mass is 196 g/mol. The first-order chi connectivity index (χ1) is 6.18. The van der Waals surface area contributed by atoms with Gasteiger partial charge < -0.3 is 0 Å². The molecule has 1 aliphatic rings. The Morgan fingerprint density at radius 3 is 2.62 bits per heavy atom. The highest BCUT2D eigenvalue weighted by Gasteiger charge is 2.27. The molecule has 0 spiro atoms. The molecule has 1 fully saturated rings. The maximum Gasteiger partial charge on any atom is 0.136 e. The zero-order valence-electron chi connectivity index (χ0n) is 7.92. The van der Waals surface area contributed by atoms with Gasteiger partial charge in [0, 0.05) is 17.7 Å². The molecule has 0 radical (unpaired) electrons. The van der Waals surface area contributed by atoms with Crippen LogP contribution in [0.5, 0.6) is 0 Å². The van der Waals surface area contributed by atoms with Gasteiger partial charge in [-0.3, -0.25) is 0 Å². The predicted molar refractivity (Wildman–Crippen MR) is 53.1 cm³/mol. The van der Waals surface area contributed by atoms with E-state index in [9.17, 15) is 0 Å². The Kier molecular flexibility index (Phi) is 2.24. The van der Waals surface area contributed by atoms with Crippen molar-refractivity contribution in [3.63, 3.8) is 0 Å². The molecule has 0 atom stereocenters. The lowest BCUT2D eigenvalue weighted by Gasteiger charge is -2.07. The molecule has 2 nitrogen and oxygen atoms in total. The second-order valence-corrected chi connectivity index (χ2v) is 4.26. The van der Waals surface area contributed by atoms with Crippen molar-refractivity contribution in [2.45, 2.75) is 38.5 Å². The van der Waals surface area contributed by atoms with E-state index in [4.69, 9.17) is 11.6 Å². The lowest BCUT2D eigenvalue weighted by atomic mass is 10.1. The van der Waals surface area contributed by atoms with Crippen LogP contribution in [0, 0.1) is 0 Å². The minimum absolute atomic E-state index is 0.403. The standard InChI is InChI=1S/C10H13ClN2/c1-6(2)8-5-12-10(7-3-4-7)13-9(8)11/h5-7H,3-4H2,1-2H3. The van der Waals surface area contributed by atoms with Gasteiger partial charge in [-0.15, -0.1) is 0 Å². The normalized spacial score (nSPS) is 16.6. The summed E-state index contributed by atoms with van der Waals surface area (Å²) in [5, 5.41) is 0.631. The van der Waals surface area contributed by atoms with Gasteiger partial charge in [0.1, 0.15) is 11.0 Å². The molecule has 70 valence electrons. The second kappa shape index (κ2) is 3.26. The summed E-state index contributed by atoms with van der Waals surface area (Å²) >= 11 is 6.05. The van der Waals surface area contributed by atoms with E-state index in [1.54, 1.807) is 0 Å². The molecule has 2 rings (SSSR count). The molecule has 1 heterocycles. The van der Waals surface area contributed by atoms with Gasteiger partial charge in [0.05, 0.1) is 0 Å². The van der Waals surface area contributed by atoms with E-state index in [1.807, 2.05) is 6.20 Å². The highest BCUT2D eigenvalue weighted by atomic mass is 35.5. The Balaban J connectivity index is 2.31. The summed E-state index contributed by atoms with van der Waals surface area (Å²) in [5.41, 5.74) is 1.05. The van der Waals surface area contributed by atoms with Gasteiger partial charge in [-0.2, -0.15) is 0 Å². The summed E-state index contributed by atoms with van der Waals surface area (Å²) in [4.78, 5) is 8.64. The number of hydrogen-bond acceptors (Lipinski definition) is 2. The summed E-state index contributed by atoms with van der Waals surface area (Å²) in [6.45, 7) is 4.20. The van der Waals surface area contributed by atoms with E-state index in [0.29, 0.717) is 17.0 Å². The number of rotatable bonds is 2. The maximum absolute atomic E-state index is 6.05. The topological polar surface area (TPSA) is 25.8 Å². The number of hydrogen-bond donors (Lipinski definition) is 0. The lowest BCUT2D eigenvalue weighted by molar-refractivity contribution is 0.822. The van der Waals surface area contributed by atoms with Gasteiger partial charge in [0.2, 0.25) is 0 Å². The summed E-state index contributed by atoms with van der Waals surface area (Å²) in [5.74, 6) is 1.91. The summed E-state index contributed by atoms with van der Waals surface area (Å²) in [6.07, 6.45) is 4.31. The molecular weight excluding hydrogens is 184 g/mol. The molecule has 0 saturated heterocycles. The second-order valence-electron chi connectivity index (χ2n) is 3.90. The van der Waals surface area contributed by atoms with Crippen LogP contribution in [-0.4, -0.2) is 9.97 Å². The fourth-order valence-electron chi connectivity index (χ4n) is 1.31. The molecule has 0 amide bonds. The molecule has 13 heavy (non-hydrogen) atoms. The van der Waals surface area contributed by atoms with Crippen molar-refractivity contribution in [3.8, 4) is 0 Å². The minimum Gasteiger partial charge on any atom is -0.241 e. The van der Waals surface area contributed by atoms with Crippen molar-refractivity contribution in [3.05, 3.63) is 22.7 Å². The highest BCUT2D eigenvalue weighted by Crippen LogP contribution is 2.38. The zero-order chi connectivity index (χ0) is 9.42. The number of halogens is 1. The van der Waals surface area contributed by atoms with Gasteiger partial charge in [-0.25, -0.2) is 9.97 Å². The van der Waals surface area contributed by atoms with Crippen LogP contribution < -0.4 is 0 Å². The molecule has 1 aromatic heterocycles. The average molecular weight is 197 g/mol. The SMILES string of the molecule is CC(C)c1cnc(C2CC2)nc1Cl. The number of aromatic nitrogens is 2. The van der Waals surface area contributed by atoms with E-state index >= 15 is 0 Å². The van der Waals surface area contributed by atoms with E-state index in [1.165, 1.54) is 12.8 Å².